The van der Waals surface area contributed by atoms with Crippen LogP contribution >= 0.6 is 12.4 Å². The molecule has 2 amide bonds. The van der Waals surface area contributed by atoms with Crippen molar-refractivity contribution in [3.63, 3.8) is 0 Å². The first-order valence-electron chi connectivity index (χ1n) is 10.8. The molecule has 33 heavy (non-hydrogen) atoms. The first kappa shape index (κ1) is 25.1. The monoisotopic (exact) mass is 481 g/mol. The quantitative estimate of drug-likeness (QED) is 0.648. The molecule has 2 N–H and O–H groups in total. The molecule has 1 aliphatic carbocycles. The van der Waals surface area contributed by atoms with E-state index in [0.29, 0.717) is 11.5 Å². The Kier molecular flexibility index (Phi) is 7.69. The van der Waals surface area contributed by atoms with Crippen LogP contribution in [0.2, 0.25) is 0 Å². The molecule has 2 aromatic carbocycles. The maximum absolute atomic E-state index is 13.9. The van der Waals surface area contributed by atoms with Gasteiger partial charge >= 0.3 is 6.03 Å². The Hall–Kier alpha value is -2.58. The fourth-order valence-electron chi connectivity index (χ4n) is 5.33. The highest BCUT2D eigenvalue weighted by Crippen LogP contribution is 2.49. The number of likely N-dealkylation sites (N-methyl/N-ethyl adjacent to an activating group) is 1. The molecule has 0 unspecified atom stereocenters. The van der Waals surface area contributed by atoms with E-state index >= 15 is 0 Å². The normalized spacial score (nSPS) is 24.4. The number of nitrogens with zero attached hydrogens (tertiary/aromatic N) is 1. The van der Waals surface area contributed by atoms with Crippen molar-refractivity contribution in [2.45, 2.75) is 43.2 Å². The SMILES string of the molecule is COc1ccc([C@@]23CC[C@@H](NC(=O)Nc4cc(F)ccc4F)C[C@@H]2N(C)CC3)cc1OC.Cl. The first-order valence-corrected chi connectivity index (χ1v) is 10.8. The lowest BCUT2D eigenvalue weighted by molar-refractivity contribution is 0.156. The van der Waals surface area contributed by atoms with E-state index in [9.17, 15) is 13.6 Å². The summed E-state index contributed by atoms with van der Waals surface area (Å²) in [6.07, 6.45) is 3.48. The predicted octanol–water partition coefficient (Wildman–Crippen LogP) is 4.72. The van der Waals surface area contributed by atoms with E-state index in [1.807, 2.05) is 6.07 Å². The summed E-state index contributed by atoms with van der Waals surface area (Å²) < 4.78 is 38.2. The minimum atomic E-state index is -0.673. The Morgan fingerprint density at radius 2 is 1.85 bits per heavy atom. The average molecular weight is 482 g/mol. The second-order valence-corrected chi connectivity index (χ2v) is 8.67. The number of anilines is 1. The molecule has 3 atom stereocenters. The van der Waals surface area contributed by atoms with Gasteiger partial charge in [0.1, 0.15) is 11.6 Å². The fraction of sp³-hybridized carbons (Fsp3) is 0.458. The molecule has 6 nitrogen and oxygen atoms in total. The van der Waals surface area contributed by atoms with Crippen molar-refractivity contribution in [2.75, 3.05) is 33.1 Å². The topological polar surface area (TPSA) is 62.8 Å². The van der Waals surface area contributed by atoms with E-state index in [0.717, 1.165) is 50.4 Å². The van der Waals surface area contributed by atoms with Gasteiger partial charge in [0.25, 0.3) is 0 Å². The van der Waals surface area contributed by atoms with Crippen molar-refractivity contribution < 1.29 is 23.0 Å². The maximum Gasteiger partial charge on any atom is 0.319 e. The zero-order chi connectivity index (χ0) is 22.9. The molecule has 1 heterocycles. The number of likely N-dealkylation sites (tertiary alicyclic amines) is 1. The van der Waals surface area contributed by atoms with Crippen LogP contribution in [-0.2, 0) is 5.41 Å². The smallest absolute Gasteiger partial charge is 0.319 e. The number of methoxy groups -OCH3 is 2. The van der Waals surface area contributed by atoms with Crippen LogP contribution in [0.3, 0.4) is 0 Å². The highest BCUT2D eigenvalue weighted by molar-refractivity contribution is 5.89. The highest BCUT2D eigenvalue weighted by Gasteiger charge is 2.50. The van der Waals surface area contributed by atoms with E-state index in [4.69, 9.17) is 9.47 Å². The molecule has 1 saturated heterocycles. The van der Waals surface area contributed by atoms with Crippen molar-refractivity contribution in [2.24, 2.45) is 0 Å². The number of nitrogens with one attached hydrogen (secondary N) is 2. The number of carbonyl (C=O) groups excluding carboxylic acids is 1. The van der Waals surface area contributed by atoms with E-state index in [1.165, 1.54) is 5.56 Å². The number of amides is 2. The molecule has 4 rings (SSSR count). The van der Waals surface area contributed by atoms with Gasteiger partial charge in [0, 0.05) is 23.6 Å². The van der Waals surface area contributed by atoms with Gasteiger partial charge in [-0.1, -0.05) is 6.07 Å². The Morgan fingerprint density at radius 1 is 1.09 bits per heavy atom. The van der Waals surface area contributed by atoms with Gasteiger partial charge in [-0.3, -0.25) is 0 Å². The van der Waals surface area contributed by atoms with Gasteiger partial charge in [0.05, 0.1) is 19.9 Å². The fourth-order valence-corrected chi connectivity index (χ4v) is 5.33. The number of urea groups is 1. The van der Waals surface area contributed by atoms with Crippen LogP contribution < -0.4 is 20.1 Å². The van der Waals surface area contributed by atoms with Crippen LogP contribution in [0, 0.1) is 11.6 Å². The Morgan fingerprint density at radius 3 is 2.58 bits per heavy atom. The molecule has 1 aliphatic heterocycles. The zero-order valence-corrected chi connectivity index (χ0v) is 19.8. The molecule has 2 aromatic rings. The molecule has 0 bridgehead atoms. The molecule has 2 aliphatic rings. The minimum absolute atomic E-state index is 0. The standard InChI is InChI=1S/C24H29F2N3O3.ClH/c1-29-11-10-24(15-4-7-20(31-2)21(12-15)32-3)9-8-17(14-22(24)29)27-23(30)28-19-13-16(25)5-6-18(19)26;/h4-7,12-13,17,22H,8-11,14H2,1-3H3,(H2,27,28,30);1H/t17-,22+,24+;/m1./s1. The Labute approximate surface area is 199 Å². The second kappa shape index (κ2) is 10.1. The van der Waals surface area contributed by atoms with Gasteiger partial charge in [0.15, 0.2) is 11.5 Å². The summed E-state index contributed by atoms with van der Waals surface area (Å²) in [6.45, 7) is 0.965. The number of fused-ring (bicyclic) bond motifs is 1. The van der Waals surface area contributed by atoms with Crippen molar-refractivity contribution in [1.82, 2.24) is 10.2 Å². The number of benzene rings is 2. The molecule has 180 valence electrons. The molecular weight excluding hydrogens is 452 g/mol. The van der Waals surface area contributed by atoms with Crippen LogP contribution in [-0.4, -0.2) is 50.8 Å². The van der Waals surface area contributed by atoms with Crippen molar-refractivity contribution in [3.05, 3.63) is 53.6 Å². The highest BCUT2D eigenvalue weighted by atomic mass is 35.5. The van der Waals surface area contributed by atoms with Crippen LogP contribution in [0.5, 0.6) is 11.5 Å². The third-order valence-electron chi connectivity index (χ3n) is 7.00. The van der Waals surface area contributed by atoms with Gasteiger partial charge in [-0.05, 0) is 69.1 Å². The Balaban J connectivity index is 0.00000306. The number of rotatable bonds is 5. The van der Waals surface area contributed by atoms with Crippen LogP contribution in [0.4, 0.5) is 19.3 Å². The molecular formula is C24H30ClF2N3O3. The molecule has 2 fully saturated rings. The number of carbonyl (C=O) groups is 1. The van der Waals surface area contributed by atoms with Gasteiger partial charge in [-0.25, -0.2) is 13.6 Å². The summed E-state index contributed by atoms with van der Waals surface area (Å²) >= 11 is 0. The summed E-state index contributed by atoms with van der Waals surface area (Å²) in [7, 11) is 5.37. The number of hydrogen-bond acceptors (Lipinski definition) is 4. The molecule has 0 aromatic heterocycles. The summed E-state index contributed by atoms with van der Waals surface area (Å²) in [6, 6.07) is 8.76. The van der Waals surface area contributed by atoms with Crippen LogP contribution in [0.25, 0.3) is 0 Å². The van der Waals surface area contributed by atoms with Crippen molar-refractivity contribution in [1.29, 1.82) is 0 Å². The maximum atomic E-state index is 13.9. The Bertz CT molecular complexity index is 1010. The summed E-state index contributed by atoms with van der Waals surface area (Å²) in [5.74, 6) is 0.136. The van der Waals surface area contributed by atoms with Gasteiger partial charge in [0.2, 0.25) is 0 Å². The molecule has 0 spiro atoms. The molecule has 1 saturated carbocycles. The van der Waals surface area contributed by atoms with Crippen LogP contribution in [0.1, 0.15) is 31.2 Å². The van der Waals surface area contributed by atoms with Gasteiger partial charge in [-0.2, -0.15) is 0 Å². The van der Waals surface area contributed by atoms with Crippen LogP contribution in [0.15, 0.2) is 36.4 Å². The van der Waals surface area contributed by atoms with E-state index in [-0.39, 0.29) is 35.6 Å². The average Bonchev–Trinajstić information content (AvgIpc) is 3.13. The summed E-state index contributed by atoms with van der Waals surface area (Å²) in [5, 5.41) is 5.38. The lowest BCUT2D eigenvalue weighted by Gasteiger charge is -2.45. The first-order chi connectivity index (χ1) is 15.4. The largest absolute Gasteiger partial charge is 0.493 e. The number of halogens is 3. The van der Waals surface area contributed by atoms with Gasteiger partial charge in [-0.15, -0.1) is 12.4 Å². The molecule has 0 radical (unpaired) electrons. The lowest BCUT2D eigenvalue weighted by atomic mass is 9.65. The van der Waals surface area contributed by atoms with E-state index < -0.39 is 17.7 Å². The van der Waals surface area contributed by atoms with Crippen molar-refractivity contribution >= 4 is 24.1 Å². The van der Waals surface area contributed by atoms with E-state index in [2.05, 4.69) is 34.7 Å². The minimum Gasteiger partial charge on any atom is -0.493 e. The third kappa shape index (κ3) is 4.87. The predicted molar refractivity (Wildman–Crippen MR) is 126 cm³/mol. The second-order valence-electron chi connectivity index (χ2n) is 8.67. The number of hydrogen-bond donors (Lipinski definition) is 2. The zero-order valence-electron chi connectivity index (χ0n) is 19.0. The summed E-state index contributed by atoms with van der Waals surface area (Å²) in [4.78, 5) is 14.8. The molecule has 9 heteroatoms. The number of ether oxygens (including phenoxy) is 2. The summed E-state index contributed by atoms with van der Waals surface area (Å²) in [5.41, 5.74) is 1.02. The third-order valence-corrected chi connectivity index (χ3v) is 7.00. The van der Waals surface area contributed by atoms with E-state index in [1.54, 1.807) is 14.2 Å². The van der Waals surface area contributed by atoms with Gasteiger partial charge < -0.3 is 25.0 Å². The van der Waals surface area contributed by atoms with Crippen molar-refractivity contribution in [3.8, 4) is 11.5 Å². The lowest BCUT2D eigenvalue weighted by Crippen LogP contribution is -2.52.